The molecule has 0 saturated carbocycles. The first-order chi connectivity index (χ1) is 31.0. The Morgan fingerprint density at radius 3 is 1.52 bits per heavy atom. The molecule has 17 heteroatoms. The van der Waals surface area contributed by atoms with Crippen molar-refractivity contribution in [3.05, 3.63) is 106 Å². The molecule has 8 rings (SSSR count). The summed E-state index contributed by atoms with van der Waals surface area (Å²) in [5, 5.41) is 12.5. The Balaban J connectivity index is 0.000000186. The molecule has 2 fully saturated rings. The monoisotopic (exact) mass is 930 g/mol. The van der Waals surface area contributed by atoms with Crippen LogP contribution in [0.4, 0.5) is 0 Å². The molecular weight excluding hydrogens is 875 g/mol. The lowest BCUT2D eigenvalue weighted by atomic mass is 10.1. The van der Waals surface area contributed by atoms with Crippen molar-refractivity contribution in [1.29, 1.82) is 0 Å². The minimum atomic E-state index is -0.494. The summed E-state index contributed by atoms with van der Waals surface area (Å²) < 4.78 is 44.0. The quantitative estimate of drug-likeness (QED) is 0.0982. The maximum absolute atomic E-state index is 10.7. The van der Waals surface area contributed by atoms with Gasteiger partial charge in [-0.05, 0) is 122 Å². The lowest BCUT2D eigenvalue weighted by molar-refractivity contribution is -0.138. The van der Waals surface area contributed by atoms with Crippen molar-refractivity contribution in [3.8, 4) is 57.2 Å². The van der Waals surface area contributed by atoms with Crippen LogP contribution in [0, 0.1) is 0 Å². The number of aromatic nitrogens is 4. The first-order valence-corrected chi connectivity index (χ1v) is 22.0. The fraction of sp³-hybridized carbons (Fsp3) is 0.396. The van der Waals surface area contributed by atoms with Crippen LogP contribution in [-0.4, -0.2) is 88.9 Å². The molecule has 2 aliphatic heterocycles. The molecule has 0 radical (unpaired) electrons. The third-order valence-corrected chi connectivity index (χ3v) is 10.1. The van der Waals surface area contributed by atoms with Crippen LogP contribution in [0.15, 0.2) is 94.0 Å². The fourth-order valence-electron chi connectivity index (χ4n) is 6.48. The number of hydrogen-bond donors (Lipinski definition) is 2. The van der Waals surface area contributed by atoms with Gasteiger partial charge in [-0.3, -0.25) is 4.79 Å². The zero-order chi connectivity index (χ0) is 46.7. The molecule has 2 aromatic heterocycles. The van der Waals surface area contributed by atoms with E-state index in [1.165, 1.54) is 0 Å². The van der Waals surface area contributed by atoms with E-state index in [4.69, 9.17) is 66.4 Å². The van der Waals surface area contributed by atoms with E-state index in [9.17, 15) is 4.79 Å². The number of hydrogen-bond acceptors (Lipinski definition) is 15. The van der Waals surface area contributed by atoms with Gasteiger partial charge in [0.05, 0.1) is 47.7 Å². The predicted octanol–water partition coefficient (Wildman–Crippen LogP) is 9.84. The maximum atomic E-state index is 10.7. The van der Waals surface area contributed by atoms with Gasteiger partial charge in [-0.15, -0.1) is 0 Å². The van der Waals surface area contributed by atoms with Gasteiger partial charge in [-0.1, -0.05) is 57.8 Å². The smallest absolute Gasteiger partial charge is 0.258 e. The van der Waals surface area contributed by atoms with E-state index in [-0.39, 0.29) is 24.4 Å². The average molecular weight is 932 g/mol. The number of nitrogens with zero attached hydrogens (tertiary/aromatic N) is 4. The number of benzene rings is 4. The first kappa shape index (κ1) is 49.2. The highest BCUT2D eigenvalue weighted by Crippen LogP contribution is 2.33. The third kappa shape index (κ3) is 14.4. The average Bonchev–Trinajstić information content (AvgIpc) is 4.10. The number of carbonyl (C=O) groups is 1. The highest BCUT2D eigenvalue weighted by molar-refractivity contribution is 6.32. The molecule has 0 amide bonds. The molecule has 3 N–H and O–H groups in total. The summed E-state index contributed by atoms with van der Waals surface area (Å²) in [7, 11) is 0. The van der Waals surface area contributed by atoms with E-state index in [2.05, 4.69) is 25.6 Å². The number of ether oxygens (including phenoxy) is 6. The normalized spacial score (nSPS) is 17.3. The standard InChI is InChI=1S/C24H28ClN3O4.C18H15ClN2O3.C6H13NO2/c1-15(2)30-21-10-9-18(11-20(21)25)22-27-23(32-28-22)17-7-5-16(6-8-17)12-26-13-19-14-29-24(3,4)31-19;1-11(2)23-16-8-7-14(9-15(16)19)17-20-18(24-21-17)13-5-3-12(10-22)4-6-13;1-6(2)8-4-5(3-7)9-6/h5-11,15,19,26H,12-14H2,1-4H3;3-11H,1-2H3;5H,3-4,7H2,1-2H3. The molecule has 2 saturated heterocycles. The molecule has 346 valence electrons. The molecule has 2 atom stereocenters. The minimum Gasteiger partial charge on any atom is -0.489 e. The molecule has 65 heavy (non-hydrogen) atoms. The third-order valence-electron chi connectivity index (χ3n) is 9.55. The lowest BCUT2D eigenvalue weighted by Crippen LogP contribution is -2.30. The summed E-state index contributed by atoms with van der Waals surface area (Å²) in [5.74, 6) is 2.08. The van der Waals surface area contributed by atoms with Crippen LogP contribution in [0.25, 0.3) is 45.7 Å². The molecule has 6 aromatic rings. The Morgan fingerprint density at radius 1 is 0.692 bits per heavy atom. The Hall–Kier alpha value is -5.23. The molecule has 2 unspecified atom stereocenters. The second-order valence-corrected chi connectivity index (χ2v) is 17.5. The molecule has 0 bridgehead atoms. The van der Waals surface area contributed by atoms with Crippen LogP contribution in [0.3, 0.4) is 0 Å². The topological polar surface area (TPSA) is 188 Å². The van der Waals surface area contributed by atoms with Crippen molar-refractivity contribution in [3.63, 3.8) is 0 Å². The number of halogens is 2. The summed E-state index contributed by atoms with van der Waals surface area (Å²) in [6.07, 6.45) is 1.04. The van der Waals surface area contributed by atoms with Crippen LogP contribution in [0.1, 0.15) is 71.3 Å². The number of aldehydes is 1. The van der Waals surface area contributed by atoms with Crippen LogP contribution < -0.4 is 20.5 Å². The van der Waals surface area contributed by atoms with Crippen molar-refractivity contribution in [1.82, 2.24) is 25.6 Å². The fourth-order valence-corrected chi connectivity index (χ4v) is 6.93. The number of rotatable bonds is 14. The Bertz CT molecular complexity index is 2460. The molecule has 0 spiro atoms. The summed E-state index contributed by atoms with van der Waals surface area (Å²) in [5.41, 5.74) is 10.2. The SMILES string of the molecule is CC(C)Oc1ccc(-c2noc(-c3ccc(C=O)cc3)n2)cc1Cl.CC(C)Oc1ccc(-c2noc(-c3ccc(CNCC4COC(C)(C)O4)cc3)n2)cc1Cl.CC1(C)OCC(CN)O1. The summed E-state index contributed by atoms with van der Waals surface area (Å²) >= 11 is 12.6. The van der Waals surface area contributed by atoms with Crippen LogP contribution in [0.5, 0.6) is 11.5 Å². The van der Waals surface area contributed by atoms with Gasteiger partial charge in [0.15, 0.2) is 11.6 Å². The van der Waals surface area contributed by atoms with E-state index in [1.54, 1.807) is 42.5 Å². The Morgan fingerprint density at radius 2 is 1.14 bits per heavy atom. The molecule has 4 aromatic carbocycles. The molecule has 4 heterocycles. The summed E-state index contributed by atoms with van der Waals surface area (Å²) in [4.78, 5) is 19.6. The number of nitrogens with one attached hydrogen (secondary N) is 1. The van der Waals surface area contributed by atoms with Gasteiger partial charge in [-0.2, -0.15) is 9.97 Å². The summed E-state index contributed by atoms with van der Waals surface area (Å²) in [6.45, 7) is 18.7. The van der Waals surface area contributed by atoms with Gasteiger partial charge in [0.1, 0.15) is 17.8 Å². The predicted molar refractivity (Wildman–Crippen MR) is 248 cm³/mol. The zero-order valence-corrected chi connectivity index (χ0v) is 39.3. The van der Waals surface area contributed by atoms with Crippen molar-refractivity contribution < 1.29 is 42.3 Å². The van der Waals surface area contributed by atoms with Gasteiger partial charge in [0.25, 0.3) is 11.8 Å². The van der Waals surface area contributed by atoms with Crippen LogP contribution >= 0.6 is 23.2 Å². The Labute approximate surface area is 389 Å². The van der Waals surface area contributed by atoms with Gasteiger partial charge >= 0.3 is 0 Å². The highest BCUT2D eigenvalue weighted by atomic mass is 35.5. The van der Waals surface area contributed by atoms with E-state index >= 15 is 0 Å². The second-order valence-electron chi connectivity index (χ2n) is 16.7. The van der Waals surface area contributed by atoms with Crippen molar-refractivity contribution in [2.24, 2.45) is 5.73 Å². The molecule has 0 aliphatic carbocycles. The minimum absolute atomic E-state index is 0.0412. The van der Waals surface area contributed by atoms with E-state index < -0.39 is 11.6 Å². The van der Waals surface area contributed by atoms with Crippen molar-refractivity contribution >= 4 is 29.5 Å². The maximum Gasteiger partial charge on any atom is 0.258 e. The van der Waals surface area contributed by atoms with E-state index in [0.717, 1.165) is 47.2 Å². The van der Waals surface area contributed by atoms with Gasteiger partial charge < -0.3 is 48.5 Å². The first-order valence-electron chi connectivity index (χ1n) is 21.3. The highest BCUT2D eigenvalue weighted by Gasteiger charge is 2.32. The lowest BCUT2D eigenvalue weighted by Gasteiger charge is -2.17. The number of nitrogens with two attached hydrogens (primary N) is 1. The van der Waals surface area contributed by atoms with Gasteiger partial charge in [-0.25, -0.2) is 0 Å². The molecule has 2 aliphatic rings. The van der Waals surface area contributed by atoms with Gasteiger partial charge in [0.2, 0.25) is 11.6 Å². The molecular formula is C48H56Cl2N6O9. The van der Waals surface area contributed by atoms with Gasteiger partial charge in [0, 0.05) is 47.5 Å². The molecule has 15 nitrogen and oxygen atoms in total. The number of carbonyl (C=O) groups excluding carboxylic acids is 1. The van der Waals surface area contributed by atoms with Crippen LogP contribution in [0.2, 0.25) is 10.0 Å². The summed E-state index contributed by atoms with van der Waals surface area (Å²) in [6, 6.07) is 25.7. The van der Waals surface area contributed by atoms with E-state index in [1.807, 2.05) is 97.9 Å². The van der Waals surface area contributed by atoms with Crippen molar-refractivity contribution in [2.75, 3.05) is 26.3 Å². The van der Waals surface area contributed by atoms with E-state index in [0.29, 0.717) is 70.3 Å². The van der Waals surface area contributed by atoms with Crippen molar-refractivity contribution in [2.45, 2.75) is 97.9 Å². The largest absolute Gasteiger partial charge is 0.489 e. The van der Waals surface area contributed by atoms with Crippen LogP contribution in [-0.2, 0) is 25.5 Å². The zero-order valence-electron chi connectivity index (χ0n) is 37.8. The Kier molecular flexibility index (Phi) is 16.9. The second kappa shape index (κ2) is 22.3.